The first-order valence-electron chi connectivity index (χ1n) is 5.75. The third-order valence-electron chi connectivity index (χ3n) is 2.38. The van der Waals surface area contributed by atoms with Crippen molar-refractivity contribution in [3.05, 3.63) is 29.8 Å². The first-order chi connectivity index (χ1) is 8.81. The summed E-state index contributed by atoms with van der Waals surface area (Å²) in [6.45, 7) is 1.86. The highest BCUT2D eigenvalue weighted by molar-refractivity contribution is 7.85. The van der Waals surface area contributed by atoms with Gasteiger partial charge in [0.1, 0.15) is 11.5 Å². The van der Waals surface area contributed by atoms with Crippen LogP contribution in [0.15, 0.2) is 24.3 Å². The zero-order valence-electron chi connectivity index (χ0n) is 10.4. The minimum absolute atomic E-state index is 0.347. The Hall–Kier alpha value is -1.60. The number of rotatable bonds is 7. The highest BCUT2D eigenvalue weighted by Crippen LogP contribution is 2.17. The van der Waals surface area contributed by atoms with Crippen molar-refractivity contribution in [3.8, 4) is 5.75 Å². The molecule has 19 heavy (non-hydrogen) atoms. The molecule has 0 heterocycles. The van der Waals surface area contributed by atoms with E-state index in [9.17, 15) is 13.2 Å². The van der Waals surface area contributed by atoms with E-state index in [1.807, 2.05) is 6.92 Å². The van der Waals surface area contributed by atoms with Crippen molar-refractivity contribution in [2.45, 2.75) is 31.6 Å². The molecule has 2 N–H and O–H groups in total. The highest BCUT2D eigenvalue weighted by Gasteiger charge is 2.18. The third kappa shape index (κ3) is 5.71. The Morgan fingerprint density at radius 1 is 1.32 bits per heavy atom. The first kappa shape index (κ1) is 15.5. The molecule has 6 nitrogen and oxygen atoms in total. The van der Waals surface area contributed by atoms with Crippen LogP contribution in [-0.2, 0) is 20.7 Å². The fourth-order valence-corrected chi connectivity index (χ4v) is 2.15. The van der Waals surface area contributed by atoms with E-state index in [-0.39, 0.29) is 0 Å². The summed E-state index contributed by atoms with van der Waals surface area (Å²) in [5.74, 6) is -1.17. The predicted octanol–water partition coefficient (Wildman–Crippen LogP) is 1.71. The Bertz CT molecular complexity index is 520. The summed E-state index contributed by atoms with van der Waals surface area (Å²) < 4.78 is 35.4. The summed E-state index contributed by atoms with van der Waals surface area (Å²) in [7, 11) is -4.07. The molecular weight excluding hydrogens is 272 g/mol. The number of aliphatic carboxylic acids is 1. The van der Waals surface area contributed by atoms with E-state index in [1.54, 1.807) is 0 Å². The van der Waals surface area contributed by atoms with E-state index < -0.39 is 27.9 Å². The molecule has 7 heteroatoms. The van der Waals surface area contributed by atoms with Gasteiger partial charge in [-0.1, -0.05) is 25.5 Å². The van der Waals surface area contributed by atoms with Crippen LogP contribution in [0, 0.1) is 0 Å². The van der Waals surface area contributed by atoms with Crippen molar-refractivity contribution in [2.24, 2.45) is 0 Å². The topological polar surface area (TPSA) is 101 Å². The largest absolute Gasteiger partial charge is 0.479 e. The number of ether oxygens (including phenoxy) is 1. The molecular formula is C12H16O6S. The van der Waals surface area contributed by atoms with Gasteiger partial charge in [0.15, 0.2) is 6.10 Å². The number of carboxylic acids is 1. The molecule has 106 valence electrons. The maximum absolute atomic E-state index is 10.9. The van der Waals surface area contributed by atoms with Gasteiger partial charge in [-0.3, -0.25) is 4.55 Å². The van der Waals surface area contributed by atoms with Crippen LogP contribution >= 0.6 is 0 Å². The van der Waals surface area contributed by atoms with Gasteiger partial charge < -0.3 is 9.84 Å². The Morgan fingerprint density at radius 2 is 1.89 bits per heavy atom. The lowest BCUT2D eigenvalue weighted by Gasteiger charge is -2.14. The lowest BCUT2D eigenvalue weighted by atomic mass is 10.2. The second-order valence-corrected chi connectivity index (χ2v) is 5.56. The van der Waals surface area contributed by atoms with Gasteiger partial charge in [-0.25, -0.2) is 4.79 Å². The molecule has 1 aromatic rings. The Labute approximate surface area is 111 Å². The van der Waals surface area contributed by atoms with Gasteiger partial charge >= 0.3 is 5.97 Å². The molecule has 0 radical (unpaired) electrons. The normalized spacial score (nSPS) is 12.9. The number of hydrogen-bond donors (Lipinski definition) is 2. The van der Waals surface area contributed by atoms with Crippen LogP contribution in [0.3, 0.4) is 0 Å². The Morgan fingerprint density at radius 3 is 2.32 bits per heavy atom. The molecule has 0 fully saturated rings. The summed E-state index contributed by atoms with van der Waals surface area (Å²) in [6.07, 6.45) is 0.150. The minimum Gasteiger partial charge on any atom is -0.479 e. The molecule has 0 aliphatic heterocycles. The summed E-state index contributed by atoms with van der Waals surface area (Å²) in [5.41, 5.74) is 0.400. The van der Waals surface area contributed by atoms with E-state index in [0.29, 0.717) is 24.2 Å². The molecule has 0 amide bonds. The fraction of sp³-hybridized carbons (Fsp3) is 0.417. The van der Waals surface area contributed by atoms with E-state index in [2.05, 4.69) is 0 Å². The molecule has 1 rings (SSSR count). The van der Waals surface area contributed by atoms with Gasteiger partial charge in [-0.2, -0.15) is 8.42 Å². The van der Waals surface area contributed by atoms with Crippen molar-refractivity contribution < 1.29 is 27.6 Å². The number of carbonyl (C=O) groups is 1. The van der Waals surface area contributed by atoms with Gasteiger partial charge in [-0.05, 0) is 24.1 Å². The molecule has 0 spiro atoms. The van der Waals surface area contributed by atoms with Crippen molar-refractivity contribution >= 4 is 16.1 Å². The molecule has 0 aliphatic rings. The van der Waals surface area contributed by atoms with Gasteiger partial charge in [0.2, 0.25) is 0 Å². The van der Waals surface area contributed by atoms with Gasteiger partial charge in [0.05, 0.1) is 0 Å². The van der Waals surface area contributed by atoms with Crippen LogP contribution in [0.25, 0.3) is 0 Å². The number of benzene rings is 1. The first-order valence-corrected chi connectivity index (χ1v) is 7.36. The second-order valence-electron chi connectivity index (χ2n) is 4.10. The molecule has 1 unspecified atom stereocenters. The van der Waals surface area contributed by atoms with Crippen molar-refractivity contribution in [1.29, 1.82) is 0 Å². The molecule has 0 aromatic heterocycles. The zero-order valence-corrected chi connectivity index (χ0v) is 11.3. The van der Waals surface area contributed by atoms with E-state index in [1.165, 1.54) is 24.3 Å². The zero-order chi connectivity index (χ0) is 14.5. The Kier molecular flexibility index (Phi) is 5.31. The van der Waals surface area contributed by atoms with Gasteiger partial charge in [-0.15, -0.1) is 0 Å². The van der Waals surface area contributed by atoms with Crippen LogP contribution < -0.4 is 4.74 Å². The van der Waals surface area contributed by atoms with Crippen molar-refractivity contribution in [1.82, 2.24) is 0 Å². The van der Waals surface area contributed by atoms with Crippen LogP contribution in [0.5, 0.6) is 5.75 Å². The summed E-state index contributed by atoms with van der Waals surface area (Å²) >= 11 is 0. The monoisotopic (exact) mass is 288 g/mol. The number of carboxylic acid groups (broad SMARTS) is 1. The molecule has 0 saturated heterocycles. The summed E-state index contributed by atoms with van der Waals surface area (Å²) in [5, 5.41) is 8.94. The van der Waals surface area contributed by atoms with Crippen LogP contribution in [0.2, 0.25) is 0 Å². The van der Waals surface area contributed by atoms with Crippen LogP contribution in [-0.4, -0.2) is 30.2 Å². The maximum Gasteiger partial charge on any atom is 0.344 e. The Balaban J connectivity index is 2.73. The quantitative estimate of drug-likeness (QED) is 0.741. The predicted molar refractivity (Wildman–Crippen MR) is 68.7 cm³/mol. The lowest BCUT2D eigenvalue weighted by molar-refractivity contribution is -0.145. The van der Waals surface area contributed by atoms with Crippen molar-refractivity contribution in [3.63, 3.8) is 0 Å². The molecule has 1 atom stereocenters. The molecule has 1 aromatic carbocycles. The third-order valence-corrected chi connectivity index (χ3v) is 3.08. The smallest absolute Gasteiger partial charge is 0.344 e. The molecule has 0 bridgehead atoms. The fourth-order valence-electron chi connectivity index (χ4n) is 1.53. The SMILES string of the molecule is CCCC(Oc1ccc(CS(=O)(=O)O)cc1)C(=O)O. The average molecular weight is 288 g/mol. The number of hydrogen-bond acceptors (Lipinski definition) is 4. The van der Waals surface area contributed by atoms with Crippen molar-refractivity contribution in [2.75, 3.05) is 0 Å². The van der Waals surface area contributed by atoms with Gasteiger partial charge in [0, 0.05) is 0 Å². The second kappa shape index (κ2) is 6.53. The van der Waals surface area contributed by atoms with Gasteiger partial charge in [0.25, 0.3) is 10.1 Å². The van der Waals surface area contributed by atoms with E-state index in [4.69, 9.17) is 14.4 Å². The minimum atomic E-state index is -4.07. The van der Waals surface area contributed by atoms with E-state index >= 15 is 0 Å². The maximum atomic E-state index is 10.9. The molecule has 0 aliphatic carbocycles. The van der Waals surface area contributed by atoms with Crippen LogP contribution in [0.1, 0.15) is 25.3 Å². The average Bonchev–Trinajstić information content (AvgIpc) is 2.29. The standard InChI is InChI=1S/C12H16O6S/c1-2-3-11(12(13)14)18-10-6-4-9(5-7-10)8-19(15,16)17/h4-7,11H,2-3,8H2,1H3,(H,13,14)(H,15,16,17). The summed E-state index contributed by atoms with van der Waals surface area (Å²) in [6, 6.07) is 5.89. The lowest BCUT2D eigenvalue weighted by Crippen LogP contribution is -2.26. The summed E-state index contributed by atoms with van der Waals surface area (Å²) in [4.78, 5) is 10.9. The van der Waals surface area contributed by atoms with E-state index in [0.717, 1.165) is 0 Å². The highest BCUT2D eigenvalue weighted by atomic mass is 32.2. The van der Waals surface area contributed by atoms with Crippen LogP contribution in [0.4, 0.5) is 0 Å². The molecule has 0 saturated carbocycles.